The lowest BCUT2D eigenvalue weighted by Gasteiger charge is -2.50. The Balaban J connectivity index is 2.29. The molecule has 0 spiro atoms. The zero-order chi connectivity index (χ0) is 6.15. The Morgan fingerprint density at radius 2 is 2.50 bits per heavy atom. The van der Waals surface area contributed by atoms with Gasteiger partial charge in [0, 0.05) is 18.6 Å². The van der Waals surface area contributed by atoms with E-state index in [-0.39, 0.29) is 18.7 Å². The molecule has 4 heteroatoms. The third kappa shape index (κ3) is 0.714. The Labute approximate surface area is 47.5 Å². The van der Waals surface area contributed by atoms with Gasteiger partial charge in [-0.3, -0.25) is 0 Å². The van der Waals surface area contributed by atoms with E-state index < -0.39 is 0 Å². The maximum absolute atomic E-state index is 10.3. The highest BCUT2D eigenvalue weighted by molar-refractivity contribution is 4.94. The highest BCUT2D eigenvalue weighted by atomic mass is 16.5. The minimum absolute atomic E-state index is 0.113. The first-order valence-corrected chi connectivity index (χ1v) is 2.56. The van der Waals surface area contributed by atoms with E-state index in [2.05, 4.69) is 0 Å². The van der Waals surface area contributed by atoms with Gasteiger partial charge in [-0.05, 0) is 0 Å². The average Bonchev–Trinajstić information content (AvgIpc) is 1.67. The van der Waals surface area contributed by atoms with E-state index in [1.54, 1.807) is 0 Å². The van der Waals surface area contributed by atoms with Gasteiger partial charge in [0.1, 0.15) is 0 Å². The smallest absolute Gasteiger partial charge is 0.0593 e. The lowest BCUT2D eigenvalue weighted by Crippen LogP contribution is -2.63. The fraction of sp³-hybridized carbons (Fsp3) is 1.00. The van der Waals surface area contributed by atoms with Crippen molar-refractivity contribution in [3.05, 3.63) is 5.21 Å². The van der Waals surface area contributed by atoms with Gasteiger partial charge in [0.05, 0.1) is 6.61 Å². The van der Waals surface area contributed by atoms with Crippen molar-refractivity contribution in [2.45, 2.75) is 12.1 Å². The zero-order valence-corrected chi connectivity index (χ0v) is 4.45. The predicted octanol–water partition coefficient (Wildman–Crippen LogP) is -1.51. The second kappa shape index (κ2) is 1.99. The van der Waals surface area contributed by atoms with Crippen molar-refractivity contribution in [2.75, 3.05) is 13.2 Å². The van der Waals surface area contributed by atoms with Crippen LogP contribution in [0.3, 0.4) is 0 Å². The van der Waals surface area contributed by atoms with E-state index in [4.69, 9.17) is 10.8 Å². The summed E-state index contributed by atoms with van der Waals surface area (Å²) in [4.78, 5) is 0. The standard InChI is InChI=1S/C4H9N2O2/c5-3-1-6(8)4(3)2-7/h3-4,7H,1-2,5H2/q-1. The summed E-state index contributed by atoms with van der Waals surface area (Å²) in [6.45, 7) is 0.246. The number of rotatable bonds is 1. The van der Waals surface area contributed by atoms with Crippen molar-refractivity contribution < 1.29 is 5.11 Å². The van der Waals surface area contributed by atoms with Crippen LogP contribution in [0.2, 0.25) is 0 Å². The topological polar surface area (TPSA) is 72.5 Å². The molecule has 1 aliphatic heterocycles. The van der Waals surface area contributed by atoms with Crippen LogP contribution < -0.4 is 5.73 Å². The first-order chi connectivity index (χ1) is 3.75. The van der Waals surface area contributed by atoms with E-state index in [1.807, 2.05) is 0 Å². The Bertz CT molecular complexity index is 80.1. The molecule has 0 radical (unpaired) electrons. The summed E-state index contributed by atoms with van der Waals surface area (Å²) in [5.74, 6) is 0. The van der Waals surface area contributed by atoms with Crippen LogP contribution in [0.5, 0.6) is 0 Å². The summed E-state index contributed by atoms with van der Waals surface area (Å²) < 4.78 is 0. The third-order valence-corrected chi connectivity index (χ3v) is 1.44. The molecule has 0 saturated carbocycles. The Hall–Kier alpha value is -0.160. The Morgan fingerprint density at radius 3 is 2.62 bits per heavy atom. The molecular formula is C4H9N2O2-. The largest absolute Gasteiger partial charge is 0.785 e. The van der Waals surface area contributed by atoms with Gasteiger partial charge >= 0.3 is 0 Å². The number of nitrogens with zero attached hydrogens (tertiary/aromatic N) is 1. The summed E-state index contributed by atoms with van der Waals surface area (Å²) >= 11 is 0. The lowest BCUT2D eigenvalue weighted by molar-refractivity contribution is 0.0624. The monoisotopic (exact) mass is 117 g/mol. The molecule has 1 rings (SSSR count). The molecule has 2 unspecified atom stereocenters. The van der Waals surface area contributed by atoms with Crippen LogP contribution in [0, 0.1) is 5.21 Å². The van der Waals surface area contributed by atoms with E-state index >= 15 is 0 Å². The van der Waals surface area contributed by atoms with E-state index in [1.165, 1.54) is 0 Å². The quantitative estimate of drug-likeness (QED) is 0.438. The molecule has 1 saturated heterocycles. The molecule has 0 aliphatic carbocycles. The zero-order valence-electron chi connectivity index (χ0n) is 4.45. The molecule has 0 aromatic carbocycles. The second-order valence-electron chi connectivity index (χ2n) is 2.01. The van der Waals surface area contributed by atoms with Crippen LogP contribution in [-0.2, 0) is 0 Å². The normalized spacial score (nSPS) is 39.4. The van der Waals surface area contributed by atoms with Crippen molar-refractivity contribution in [1.29, 1.82) is 0 Å². The van der Waals surface area contributed by atoms with E-state index in [0.717, 1.165) is 5.06 Å². The molecular weight excluding hydrogens is 108 g/mol. The van der Waals surface area contributed by atoms with Crippen LogP contribution in [0.1, 0.15) is 0 Å². The minimum Gasteiger partial charge on any atom is -0.785 e. The molecule has 0 bridgehead atoms. The molecule has 1 fully saturated rings. The van der Waals surface area contributed by atoms with Gasteiger partial charge in [-0.2, -0.15) is 0 Å². The number of hydrogen-bond donors (Lipinski definition) is 2. The molecule has 48 valence electrons. The lowest BCUT2D eigenvalue weighted by atomic mass is 10.0. The highest BCUT2D eigenvalue weighted by Crippen LogP contribution is 2.12. The highest BCUT2D eigenvalue weighted by Gasteiger charge is 2.28. The molecule has 8 heavy (non-hydrogen) atoms. The predicted molar refractivity (Wildman–Crippen MR) is 28.9 cm³/mol. The number of aliphatic hydroxyl groups is 1. The fourth-order valence-electron chi connectivity index (χ4n) is 0.767. The molecule has 2 atom stereocenters. The summed E-state index contributed by atoms with van der Waals surface area (Å²) in [6.07, 6.45) is 0. The van der Waals surface area contributed by atoms with Gasteiger partial charge in [-0.25, -0.2) is 0 Å². The van der Waals surface area contributed by atoms with E-state index in [0.29, 0.717) is 6.54 Å². The summed E-state index contributed by atoms with van der Waals surface area (Å²) in [5.41, 5.74) is 5.32. The molecule has 0 aromatic heterocycles. The summed E-state index contributed by atoms with van der Waals surface area (Å²) in [7, 11) is 0. The Kier molecular flexibility index (Phi) is 1.48. The van der Waals surface area contributed by atoms with Crippen molar-refractivity contribution >= 4 is 0 Å². The van der Waals surface area contributed by atoms with Crippen LogP contribution in [0.15, 0.2) is 0 Å². The van der Waals surface area contributed by atoms with E-state index in [9.17, 15) is 5.21 Å². The molecule has 1 heterocycles. The van der Waals surface area contributed by atoms with Crippen molar-refractivity contribution in [3.8, 4) is 0 Å². The SMILES string of the molecule is NC1CN([O-])C1CO. The fourth-order valence-corrected chi connectivity index (χ4v) is 0.767. The molecule has 1 aliphatic rings. The van der Waals surface area contributed by atoms with Gasteiger partial charge < -0.3 is 21.1 Å². The van der Waals surface area contributed by atoms with Crippen LogP contribution >= 0.6 is 0 Å². The first kappa shape index (κ1) is 5.97. The summed E-state index contributed by atoms with van der Waals surface area (Å²) in [5, 5.41) is 19.6. The number of hydrogen-bond acceptors (Lipinski definition) is 4. The van der Waals surface area contributed by atoms with Crippen molar-refractivity contribution in [3.63, 3.8) is 0 Å². The number of aliphatic hydroxyl groups excluding tert-OH is 1. The molecule has 3 N–H and O–H groups in total. The number of nitrogens with two attached hydrogens (primary N) is 1. The van der Waals surface area contributed by atoms with Gasteiger partial charge in [-0.15, -0.1) is 0 Å². The van der Waals surface area contributed by atoms with Crippen molar-refractivity contribution in [1.82, 2.24) is 5.06 Å². The van der Waals surface area contributed by atoms with Crippen LogP contribution in [0.25, 0.3) is 0 Å². The average molecular weight is 117 g/mol. The van der Waals surface area contributed by atoms with Crippen LogP contribution in [-0.4, -0.2) is 35.4 Å². The molecule has 4 nitrogen and oxygen atoms in total. The first-order valence-electron chi connectivity index (χ1n) is 2.56. The molecule has 0 amide bonds. The van der Waals surface area contributed by atoms with Crippen molar-refractivity contribution in [2.24, 2.45) is 5.73 Å². The minimum atomic E-state index is -0.338. The van der Waals surface area contributed by atoms with Gasteiger partial charge in [-0.1, -0.05) is 0 Å². The maximum Gasteiger partial charge on any atom is 0.0593 e. The second-order valence-corrected chi connectivity index (χ2v) is 2.01. The third-order valence-electron chi connectivity index (χ3n) is 1.44. The summed E-state index contributed by atoms with van der Waals surface area (Å²) in [6, 6.07) is -0.451. The van der Waals surface area contributed by atoms with Gasteiger partial charge in [0.25, 0.3) is 0 Å². The Morgan fingerprint density at radius 1 is 1.88 bits per heavy atom. The van der Waals surface area contributed by atoms with Gasteiger partial charge in [0.2, 0.25) is 0 Å². The maximum atomic E-state index is 10.3. The van der Waals surface area contributed by atoms with Crippen LogP contribution in [0.4, 0.5) is 0 Å². The van der Waals surface area contributed by atoms with Gasteiger partial charge in [0.15, 0.2) is 0 Å². The molecule has 0 aromatic rings. The number of hydroxylamine groups is 2.